The Labute approximate surface area is 395 Å². The number of hydrogen-bond donors (Lipinski definition) is 2. The highest BCUT2D eigenvalue weighted by Crippen LogP contribution is 2.69. The van der Waals surface area contributed by atoms with Gasteiger partial charge in [0.05, 0.1) is 52.2 Å². The van der Waals surface area contributed by atoms with E-state index in [1.165, 1.54) is 32.5 Å². The zero-order valence-electron chi connectivity index (χ0n) is 35.7. The van der Waals surface area contributed by atoms with E-state index in [9.17, 15) is 28.8 Å². The fraction of sp³-hybridized carbons (Fsp3) is 0.333. The molecule has 0 radical (unpaired) electrons. The fourth-order valence-electron chi connectivity index (χ4n) is 13.1. The third kappa shape index (κ3) is 5.94. The summed E-state index contributed by atoms with van der Waals surface area (Å²) in [5.41, 5.74) is 6.50. The number of carbonyl (C=O) groups excluding carboxylic acids is 4. The van der Waals surface area contributed by atoms with Crippen LogP contribution in [0, 0.1) is 54.3 Å². The van der Waals surface area contributed by atoms with E-state index in [-0.39, 0.29) is 91.2 Å². The molecule has 2 aromatic heterocycles. The first kappa shape index (κ1) is 40.8. The summed E-state index contributed by atoms with van der Waals surface area (Å²) < 4.78 is 5.31. The Kier molecular flexibility index (Phi) is 9.27. The van der Waals surface area contributed by atoms with Gasteiger partial charge >= 0.3 is 9.75 Å². The number of nitrogens with zero attached hydrogens (tertiary/aromatic N) is 2. The van der Waals surface area contributed by atoms with Gasteiger partial charge < -0.3 is 14.7 Å². The first-order valence-electron chi connectivity index (χ1n) is 22.5. The van der Waals surface area contributed by atoms with Crippen LogP contribution in [-0.4, -0.2) is 51.2 Å². The second-order valence-corrected chi connectivity index (χ2v) is 23.4. The van der Waals surface area contributed by atoms with Gasteiger partial charge in [0.25, 0.3) is 0 Å². The number of imide groups is 2. The van der Waals surface area contributed by atoms with Crippen molar-refractivity contribution in [1.82, 2.24) is 9.97 Å². The van der Waals surface area contributed by atoms with Gasteiger partial charge in [-0.15, -0.1) is 23.5 Å². The molecule has 2 N–H and O–H groups in total. The van der Waals surface area contributed by atoms with Crippen LogP contribution < -0.4 is 24.3 Å². The SMILES string of the molecule is COc1ccc(N2C(=O)[C@H]3C[C@@H]4Sc5[nH]c(=O)sc5[C@@H](c5ccc(-c6ccc([C@H]7c8sc(=O)[nH]c8S[C@@H]8[C@@H]9C[C@@H]([C@@H]%10C(=O)N(c%11ccc(C)cc%11)C(=O)[C@H]9%10)[C@H]78)cc6)cc5)[C@@H]4C[C@H]3C2=O)cc1. The number of ether oxygens (including phenoxy) is 1. The first-order chi connectivity index (χ1) is 32.0. The fourth-order valence-corrected chi connectivity index (χ4v) is 18.7. The van der Waals surface area contributed by atoms with Crippen molar-refractivity contribution in [3.63, 3.8) is 0 Å². The Balaban J connectivity index is 0.784. The first-order valence-corrected chi connectivity index (χ1v) is 25.9. The van der Waals surface area contributed by atoms with Crippen LogP contribution in [0.5, 0.6) is 5.75 Å². The number of thioether (sulfide) groups is 2. The number of rotatable bonds is 6. The van der Waals surface area contributed by atoms with Gasteiger partial charge in [-0.2, -0.15) is 0 Å². The molecule has 13 rings (SSSR count). The van der Waals surface area contributed by atoms with Crippen LogP contribution in [0.25, 0.3) is 11.1 Å². The molecule has 332 valence electrons. The van der Waals surface area contributed by atoms with Crippen LogP contribution in [0.3, 0.4) is 0 Å². The summed E-state index contributed by atoms with van der Waals surface area (Å²) in [6.45, 7) is 1.99. The van der Waals surface area contributed by atoms with E-state index in [1.807, 2.05) is 31.2 Å². The highest BCUT2D eigenvalue weighted by molar-refractivity contribution is 8.00. The van der Waals surface area contributed by atoms with Crippen LogP contribution in [0.2, 0.25) is 0 Å². The molecule has 6 aromatic rings. The lowest BCUT2D eigenvalue weighted by Crippen LogP contribution is -2.42. The van der Waals surface area contributed by atoms with Gasteiger partial charge in [-0.25, -0.2) is 0 Å². The van der Waals surface area contributed by atoms with E-state index in [4.69, 9.17) is 4.74 Å². The largest absolute Gasteiger partial charge is 0.497 e. The normalized spacial score (nSPS) is 31.4. The zero-order chi connectivity index (χ0) is 44.9. The maximum Gasteiger partial charge on any atom is 0.305 e. The summed E-state index contributed by atoms with van der Waals surface area (Å²) in [4.78, 5) is 92.9. The summed E-state index contributed by atoms with van der Waals surface area (Å²) in [5, 5.41) is 1.90. The molecular formula is C51H42N4O7S4. The van der Waals surface area contributed by atoms with Gasteiger partial charge in [0.15, 0.2) is 0 Å². The number of fused-ring (bicyclic) bond motifs is 12. The van der Waals surface area contributed by atoms with E-state index in [0.717, 1.165) is 54.0 Å². The van der Waals surface area contributed by atoms with Gasteiger partial charge in [0, 0.05) is 32.1 Å². The van der Waals surface area contributed by atoms with Gasteiger partial charge in [0.2, 0.25) is 23.6 Å². The number of amides is 4. The van der Waals surface area contributed by atoms with Crippen LogP contribution in [-0.2, 0) is 19.2 Å². The molecule has 2 saturated heterocycles. The van der Waals surface area contributed by atoms with E-state index in [2.05, 4.69) is 58.5 Å². The Morgan fingerprint density at radius 2 is 1.06 bits per heavy atom. The summed E-state index contributed by atoms with van der Waals surface area (Å²) in [5.74, 6) is -1.39. The van der Waals surface area contributed by atoms with Crippen molar-refractivity contribution in [3.05, 3.63) is 143 Å². The molecule has 3 saturated carbocycles. The number of methoxy groups -OCH3 is 1. The molecule has 4 aromatic carbocycles. The predicted molar refractivity (Wildman–Crippen MR) is 256 cm³/mol. The maximum atomic E-state index is 14.2. The summed E-state index contributed by atoms with van der Waals surface area (Å²) in [6.07, 6.45) is 1.94. The number of benzene rings is 4. The highest BCUT2D eigenvalue weighted by Gasteiger charge is 2.70. The molecule has 3 aliphatic carbocycles. The van der Waals surface area contributed by atoms with Crippen LogP contribution in [0.4, 0.5) is 11.4 Å². The topological polar surface area (TPSA) is 150 Å². The van der Waals surface area contributed by atoms with Crippen molar-refractivity contribution in [3.8, 4) is 16.9 Å². The molecule has 0 unspecified atom stereocenters. The third-order valence-electron chi connectivity index (χ3n) is 15.9. The highest BCUT2D eigenvalue weighted by atomic mass is 32.2. The molecule has 4 amide bonds. The number of carbonyl (C=O) groups is 4. The third-order valence-corrected chi connectivity index (χ3v) is 21.0. The minimum Gasteiger partial charge on any atom is -0.497 e. The molecule has 5 fully saturated rings. The average molecular weight is 951 g/mol. The minimum atomic E-state index is -0.435. The number of aromatic amines is 2. The Morgan fingerprint density at radius 3 is 1.67 bits per heavy atom. The number of hydrogen-bond acceptors (Lipinski definition) is 11. The number of nitrogens with one attached hydrogen (secondary N) is 2. The van der Waals surface area contributed by atoms with Gasteiger partial charge in [0.1, 0.15) is 5.75 Å². The van der Waals surface area contributed by atoms with Crippen LogP contribution >= 0.6 is 46.2 Å². The van der Waals surface area contributed by atoms with Crippen LogP contribution in [0.1, 0.15) is 57.5 Å². The van der Waals surface area contributed by atoms with Gasteiger partial charge in [-0.3, -0.25) is 38.6 Å². The second kappa shape index (κ2) is 15.0. The van der Waals surface area contributed by atoms with Crippen molar-refractivity contribution in [2.75, 3.05) is 16.9 Å². The van der Waals surface area contributed by atoms with Crippen molar-refractivity contribution >= 4 is 81.2 Å². The summed E-state index contributed by atoms with van der Waals surface area (Å²) in [7, 11) is 1.58. The molecule has 15 heteroatoms. The monoisotopic (exact) mass is 950 g/mol. The molecule has 0 spiro atoms. The van der Waals surface area contributed by atoms with Gasteiger partial charge in [-0.1, -0.05) is 88.9 Å². The van der Waals surface area contributed by atoms with E-state index >= 15 is 0 Å². The molecule has 2 bridgehead atoms. The number of aryl methyl sites for hydroxylation is 1. The molecule has 12 atom stereocenters. The van der Waals surface area contributed by atoms with E-state index in [0.29, 0.717) is 30.0 Å². The van der Waals surface area contributed by atoms with Crippen molar-refractivity contribution in [2.45, 2.75) is 58.6 Å². The number of aromatic nitrogens is 2. The van der Waals surface area contributed by atoms with E-state index in [1.54, 1.807) is 54.9 Å². The quantitative estimate of drug-likeness (QED) is 0.157. The molecule has 66 heavy (non-hydrogen) atoms. The van der Waals surface area contributed by atoms with Crippen molar-refractivity contribution in [1.29, 1.82) is 0 Å². The summed E-state index contributed by atoms with van der Waals surface area (Å²) >= 11 is 5.84. The summed E-state index contributed by atoms with van der Waals surface area (Å²) in [6, 6.07) is 31.8. The second-order valence-electron chi connectivity index (χ2n) is 19.0. The Bertz CT molecular complexity index is 3140. The Morgan fingerprint density at radius 1 is 0.545 bits per heavy atom. The number of anilines is 2. The maximum absolute atomic E-state index is 14.2. The lowest BCUT2D eigenvalue weighted by atomic mass is 9.68. The van der Waals surface area contributed by atoms with Gasteiger partial charge in [-0.05, 0) is 109 Å². The zero-order valence-corrected chi connectivity index (χ0v) is 38.9. The van der Waals surface area contributed by atoms with Crippen LogP contribution in [0.15, 0.2) is 117 Å². The average Bonchev–Trinajstić information content (AvgIpc) is 4.17. The minimum absolute atomic E-state index is 0.0265. The van der Waals surface area contributed by atoms with Crippen molar-refractivity contribution < 1.29 is 23.9 Å². The molecule has 11 nitrogen and oxygen atoms in total. The standard InChI is InChI=1S/C51H42N4O7S4/c1-22-3-13-27(14-4-22)55-48(58)39-33-20-34(40(39)49(55)59)41-38(33)37(43-45(64-41)53-51(61)66-43)26-11-7-24(8-12-26)23-5-9-25(10-6-23)36-32-19-30-31(21-35(32)63-44-42(36)65-50(60)52-44)47(57)54(46(30)56)28-15-17-29(62-2)18-16-28/h3-18,30-41H,19-21H2,1-2H3,(H,52,60)(H,53,61)/t30-,31+,32-,33-,34-,35+,36+,37-,38-,39+,40-,41-/m1/s1. The smallest absolute Gasteiger partial charge is 0.305 e. The Hall–Kier alpha value is -5.48. The molecule has 6 heterocycles. The van der Waals surface area contributed by atoms with E-state index < -0.39 is 11.8 Å². The number of thiazole rings is 2. The molecular weight excluding hydrogens is 909 g/mol. The molecule has 4 aliphatic heterocycles. The molecule has 7 aliphatic rings. The lowest BCUT2D eigenvalue weighted by Gasteiger charge is -2.43. The van der Waals surface area contributed by atoms with Crippen molar-refractivity contribution in [2.24, 2.45) is 47.3 Å². The number of H-pyrrole nitrogens is 2. The predicted octanol–water partition coefficient (Wildman–Crippen LogP) is 8.67. The lowest BCUT2D eigenvalue weighted by molar-refractivity contribution is -0.124.